The zero-order chi connectivity index (χ0) is 13.9. The molecule has 0 bridgehead atoms. The number of amidine groups is 1. The molecule has 0 aromatic carbocycles. The maximum atomic E-state index is 12.3. The molecule has 0 heterocycles. The average molecular weight is 268 g/mol. The van der Waals surface area contributed by atoms with Crippen molar-refractivity contribution in [1.82, 2.24) is 10.2 Å². The van der Waals surface area contributed by atoms with E-state index in [0.29, 0.717) is 25.4 Å². The Labute approximate surface area is 114 Å². The summed E-state index contributed by atoms with van der Waals surface area (Å²) < 4.78 is 0. The summed E-state index contributed by atoms with van der Waals surface area (Å²) in [6, 6.07) is 0.696. The standard InChI is InChI=1S/C13H24N4O2/c1-17(10-4-5-10)9-8-15-12(18)13(11(14)16-19)6-2-3-7-13/h10,19H,2-9H2,1H3,(H2,14,16)(H,15,18). The monoisotopic (exact) mass is 268 g/mol. The van der Waals surface area contributed by atoms with E-state index in [1.807, 2.05) is 0 Å². The molecule has 0 saturated heterocycles. The Morgan fingerprint density at radius 2 is 2.11 bits per heavy atom. The van der Waals surface area contributed by atoms with E-state index in [-0.39, 0.29) is 11.7 Å². The topological polar surface area (TPSA) is 91.0 Å². The van der Waals surface area contributed by atoms with Crippen LogP contribution in [0.25, 0.3) is 0 Å². The molecule has 2 rings (SSSR count). The molecule has 0 aromatic rings. The van der Waals surface area contributed by atoms with Crippen molar-refractivity contribution in [2.45, 2.75) is 44.6 Å². The molecule has 0 aliphatic heterocycles. The summed E-state index contributed by atoms with van der Waals surface area (Å²) in [5.74, 6) is -0.0393. The highest BCUT2D eigenvalue weighted by atomic mass is 16.4. The predicted octanol–water partition coefficient (Wildman–Crippen LogP) is 0.504. The molecular weight excluding hydrogens is 244 g/mol. The summed E-state index contributed by atoms with van der Waals surface area (Å²) in [6.07, 6.45) is 5.77. The van der Waals surface area contributed by atoms with Crippen LogP contribution >= 0.6 is 0 Å². The normalized spacial score (nSPS) is 22.7. The number of amides is 1. The molecule has 6 nitrogen and oxygen atoms in total. The van der Waals surface area contributed by atoms with Crippen molar-refractivity contribution in [2.75, 3.05) is 20.1 Å². The Bertz CT molecular complexity index is 360. The zero-order valence-corrected chi connectivity index (χ0v) is 11.6. The highest BCUT2D eigenvalue weighted by Crippen LogP contribution is 2.38. The number of carbonyl (C=O) groups is 1. The molecule has 19 heavy (non-hydrogen) atoms. The van der Waals surface area contributed by atoms with Crippen molar-refractivity contribution in [3.05, 3.63) is 0 Å². The van der Waals surface area contributed by atoms with E-state index >= 15 is 0 Å². The first kappa shape index (κ1) is 14.1. The van der Waals surface area contributed by atoms with Gasteiger partial charge in [0.15, 0.2) is 5.84 Å². The predicted molar refractivity (Wildman–Crippen MR) is 73.0 cm³/mol. The second-order valence-corrected chi connectivity index (χ2v) is 5.74. The van der Waals surface area contributed by atoms with Gasteiger partial charge in [0, 0.05) is 19.1 Å². The number of carbonyl (C=O) groups excluding carboxylic acids is 1. The first-order valence-corrected chi connectivity index (χ1v) is 7.07. The van der Waals surface area contributed by atoms with Gasteiger partial charge in [0.25, 0.3) is 0 Å². The van der Waals surface area contributed by atoms with Crippen molar-refractivity contribution in [3.63, 3.8) is 0 Å². The Balaban J connectivity index is 1.85. The lowest BCUT2D eigenvalue weighted by Crippen LogP contribution is -2.49. The minimum atomic E-state index is -0.785. The minimum Gasteiger partial charge on any atom is -0.409 e. The largest absolute Gasteiger partial charge is 0.409 e. The molecule has 0 radical (unpaired) electrons. The van der Waals surface area contributed by atoms with Gasteiger partial charge in [-0.2, -0.15) is 0 Å². The molecule has 108 valence electrons. The van der Waals surface area contributed by atoms with Crippen molar-refractivity contribution in [2.24, 2.45) is 16.3 Å². The molecule has 0 aromatic heterocycles. The minimum absolute atomic E-state index is 0.0537. The van der Waals surface area contributed by atoms with E-state index in [4.69, 9.17) is 10.9 Å². The summed E-state index contributed by atoms with van der Waals surface area (Å²) in [5, 5.41) is 14.9. The fraction of sp³-hybridized carbons (Fsp3) is 0.846. The third-order valence-corrected chi connectivity index (χ3v) is 4.41. The van der Waals surface area contributed by atoms with Gasteiger partial charge in [-0.05, 0) is 32.7 Å². The number of oxime groups is 1. The molecule has 1 amide bonds. The molecule has 2 saturated carbocycles. The number of hydrogen-bond acceptors (Lipinski definition) is 4. The van der Waals surface area contributed by atoms with Crippen molar-refractivity contribution >= 4 is 11.7 Å². The van der Waals surface area contributed by atoms with Gasteiger partial charge in [-0.25, -0.2) is 0 Å². The number of hydrogen-bond donors (Lipinski definition) is 3. The fourth-order valence-electron chi connectivity index (χ4n) is 2.89. The Hall–Kier alpha value is -1.30. The summed E-state index contributed by atoms with van der Waals surface area (Å²) in [6.45, 7) is 1.47. The first-order valence-electron chi connectivity index (χ1n) is 7.07. The number of nitrogens with two attached hydrogens (primary N) is 1. The number of nitrogens with one attached hydrogen (secondary N) is 1. The Morgan fingerprint density at radius 1 is 1.47 bits per heavy atom. The highest BCUT2D eigenvalue weighted by Gasteiger charge is 2.45. The number of nitrogens with zero attached hydrogens (tertiary/aromatic N) is 2. The quantitative estimate of drug-likeness (QED) is 0.283. The first-order chi connectivity index (χ1) is 9.10. The van der Waals surface area contributed by atoms with Crippen molar-refractivity contribution in [1.29, 1.82) is 0 Å². The van der Waals surface area contributed by atoms with Gasteiger partial charge in [0.1, 0.15) is 5.41 Å². The molecule has 0 spiro atoms. The Morgan fingerprint density at radius 3 is 2.63 bits per heavy atom. The summed E-state index contributed by atoms with van der Waals surface area (Å²) in [5.41, 5.74) is 4.95. The third-order valence-electron chi connectivity index (χ3n) is 4.41. The molecule has 2 aliphatic carbocycles. The van der Waals surface area contributed by atoms with E-state index in [9.17, 15) is 4.79 Å². The lowest BCUT2D eigenvalue weighted by Gasteiger charge is -2.26. The van der Waals surface area contributed by atoms with Crippen LogP contribution in [-0.4, -0.2) is 48.0 Å². The molecule has 0 atom stereocenters. The van der Waals surface area contributed by atoms with Crippen LogP contribution in [0.3, 0.4) is 0 Å². The molecule has 0 unspecified atom stereocenters. The summed E-state index contributed by atoms with van der Waals surface area (Å²) in [4.78, 5) is 14.6. The van der Waals surface area contributed by atoms with E-state index in [1.165, 1.54) is 12.8 Å². The smallest absolute Gasteiger partial charge is 0.233 e. The van der Waals surface area contributed by atoms with Crippen molar-refractivity contribution in [3.8, 4) is 0 Å². The van der Waals surface area contributed by atoms with Gasteiger partial charge < -0.3 is 21.2 Å². The zero-order valence-electron chi connectivity index (χ0n) is 11.6. The average Bonchev–Trinajstić information content (AvgIpc) is 3.15. The van der Waals surface area contributed by atoms with Crippen LogP contribution < -0.4 is 11.1 Å². The van der Waals surface area contributed by atoms with Gasteiger partial charge in [-0.3, -0.25) is 4.79 Å². The SMILES string of the molecule is CN(CCNC(=O)C1(/C(N)=N/O)CCCC1)C1CC1. The fourth-order valence-corrected chi connectivity index (χ4v) is 2.89. The van der Waals surface area contributed by atoms with Gasteiger partial charge in [-0.15, -0.1) is 0 Å². The van der Waals surface area contributed by atoms with Crippen LogP contribution in [0.2, 0.25) is 0 Å². The molecule has 2 fully saturated rings. The maximum Gasteiger partial charge on any atom is 0.233 e. The highest BCUT2D eigenvalue weighted by molar-refractivity contribution is 6.07. The summed E-state index contributed by atoms with van der Waals surface area (Å²) in [7, 11) is 2.08. The number of likely N-dealkylation sites (N-methyl/N-ethyl adjacent to an activating group) is 1. The van der Waals surface area contributed by atoms with Crippen LogP contribution in [0, 0.1) is 5.41 Å². The molecule has 6 heteroatoms. The van der Waals surface area contributed by atoms with Crippen LogP contribution in [0.1, 0.15) is 38.5 Å². The molecule has 4 N–H and O–H groups in total. The lowest BCUT2D eigenvalue weighted by molar-refractivity contribution is -0.127. The van der Waals surface area contributed by atoms with E-state index < -0.39 is 5.41 Å². The number of rotatable bonds is 6. The van der Waals surface area contributed by atoms with Crippen LogP contribution in [0.15, 0.2) is 5.16 Å². The summed E-state index contributed by atoms with van der Waals surface area (Å²) >= 11 is 0. The van der Waals surface area contributed by atoms with Crippen molar-refractivity contribution < 1.29 is 10.0 Å². The maximum absolute atomic E-state index is 12.3. The second-order valence-electron chi connectivity index (χ2n) is 5.74. The van der Waals surface area contributed by atoms with E-state index in [1.54, 1.807) is 0 Å². The second kappa shape index (κ2) is 5.77. The van der Waals surface area contributed by atoms with Gasteiger partial charge in [-0.1, -0.05) is 18.0 Å². The van der Waals surface area contributed by atoms with E-state index in [2.05, 4.69) is 22.4 Å². The van der Waals surface area contributed by atoms with Gasteiger partial charge >= 0.3 is 0 Å². The molecule has 2 aliphatic rings. The van der Waals surface area contributed by atoms with Crippen LogP contribution in [0.5, 0.6) is 0 Å². The van der Waals surface area contributed by atoms with Crippen LogP contribution in [-0.2, 0) is 4.79 Å². The van der Waals surface area contributed by atoms with Gasteiger partial charge in [0.2, 0.25) is 5.91 Å². The van der Waals surface area contributed by atoms with Crippen LogP contribution in [0.4, 0.5) is 0 Å². The Kier molecular flexibility index (Phi) is 4.29. The third kappa shape index (κ3) is 3.00. The lowest BCUT2D eigenvalue weighted by atomic mass is 9.84. The van der Waals surface area contributed by atoms with Gasteiger partial charge in [0.05, 0.1) is 0 Å². The molecular formula is C13H24N4O2. The van der Waals surface area contributed by atoms with E-state index in [0.717, 1.165) is 19.4 Å².